The van der Waals surface area contributed by atoms with Crippen molar-refractivity contribution in [1.82, 2.24) is 4.90 Å². The van der Waals surface area contributed by atoms with Crippen molar-refractivity contribution < 1.29 is 14.0 Å². The summed E-state index contributed by atoms with van der Waals surface area (Å²) in [5, 5.41) is 0.698. The van der Waals surface area contributed by atoms with Crippen molar-refractivity contribution in [2.75, 3.05) is 42.5 Å². The first-order valence-corrected chi connectivity index (χ1v) is 9.75. The Morgan fingerprint density at radius 2 is 1.61 bits per heavy atom. The van der Waals surface area contributed by atoms with Gasteiger partial charge in [-0.05, 0) is 24.3 Å². The van der Waals surface area contributed by atoms with Gasteiger partial charge in [0.1, 0.15) is 5.82 Å². The minimum atomic E-state index is -0.447. The number of carbonyl (C=O) groups is 2. The summed E-state index contributed by atoms with van der Waals surface area (Å²) in [6.45, 7) is 2.76. The second-order valence-electron chi connectivity index (χ2n) is 7.12. The van der Waals surface area contributed by atoms with Gasteiger partial charge in [-0.25, -0.2) is 4.39 Å². The predicted octanol–water partition coefficient (Wildman–Crippen LogP) is 3.18. The number of piperazine rings is 1. The van der Waals surface area contributed by atoms with Crippen molar-refractivity contribution in [2.24, 2.45) is 5.92 Å². The number of nitrogens with zero attached hydrogens (tertiary/aromatic N) is 3. The van der Waals surface area contributed by atoms with Crippen molar-refractivity contribution in [1.29, 1.82) is 0 Å². The Morgan fingerprint density at radius 3 is 2.29 bits per heavy atom. The molecule has 28 heavy (non-hydrogen) atoms. The van der Waals surface area contributed by atoms with Crippen LogP contribution in [0.2, 0.25) is 5.02 Å². The molecule has 2 aliphatic heterocycles. The van der Waals surface area contributed by atoms with Gasteiger partial charge >= 0.3 is 0 Å². The van der Waals surface area contributed by atoms with Crippen LogP contribution in [-0.4, -0.2) is 49.4 Å². The lowest BCUT2D eigenvalue weighted by molar-refractivity contribution is -0.136. The van der Waals surface area contributed by atoms with Crippen LogP contribution < -0.4 is 9.80 Å². The Kier molecular flexibility index (Phi) is 5.22. The fourth-order valence-corrected chi connectivity index (χ4v) is 4.17. The van der Waals surface area contributed by atoms with Gasteiger partial charge in [-0.15, -0.1) is 0 Å². The molecule has 2 aliphatic rings. The van der Waals surface area contributed by atoms with Crippen LogP contribution in [0.4, 0.5) is 15.8 Å². The van der Waals surface area contributed by atoms with Crippen molar-refractivity contribution in [3.63, 3.8) is 0 Å². The van der Waals surface area contributed by atoms with Gasteiger partial charge in [0.15, 0.2) is 0 Å². The molecule has 1 atom stereocenters. The van der Waals surface area contributed by atoms with Crippen LogP contribution in [0.1, 0.15) is 6.42 Å². The SMILES string of the molecule is O=C(C1CC(=O)N(c2ccccc2F)C1)N1CCN(c2ccccc2Cl)CC1. The molecule has 5 nitrogen and oxygen atoms in total. The fourth-order valence-electron chi connectivity index (χ4n) is 3.91. The summed E-state index contributed by atoms with van der Waals surface area (Å²) in [5.41, 5.74) is 1.21. The Labute approximate surface area is 168 Å². The van der Waals surface area contributed by atoms with E-state index in [0.29, 0.717) is 31.2 Å². The lowest BCUT2D eigenvalue weighted by Gasteiger charge is -2.37. The Balaban J connectivity index is 1.39. The Hall–Kier alpha value is -2.60. The molecule has 0 bridgehead atoms. The molecule has 0 N–H and O–H groups in total. The summed E-state index contributed by atoms with van der Waals surface area (Å²) < 4.78 is 14.0. The monoisotopic (exact) mass is 401 g/mol. The lowest BCUT2D eigenvalue weighted by atomic mass is 10.1. The smallest absolute Gasteiger partial charge is 0.228 e. The van der Waals surface area contributed by atoms with E-state index in [1.807, 2.05) is 24.3 Å². The minimum absolute atomic E-state index is 0.0361. The van der Waals surface area contributed by atoms with E-state index in [1.54, 1.807) is 23.1 Å². The average molecular weight is 402 g/mol. The number of anilines is 2. The summed E-state index contributed by atoms with van der Waals surface area (Å²) in [4.78, 5) is 30.6. The summed E-state index contributed by atoms with van der Waals surface area (Å²) in [7, 11) is 0. The molecule has 7 heteroatoms. The zero-order valence-corrected chi connectivity index (χ0v) is 16.1. The first-order valence-electron chi connectivity index (χ1n) is 9.38. The molecule has 2 saturated heterocycles. The zero-order chi connectivity index (χ0) is 19.7. The summed E-state index contributed by atoms with van der Waals surface area (Å²) in [6.07, 6.45) is 0.123. The third-order valence-electron chi connectivity index (χ3n) is 5.40. The number of rotatable bonds is 3. The van der Waals surface area contributed by atoms with Crippen LogP contribution in [0.25, 0.3) is 0 Å². The quantitative estimate of drug-likeness (QED) is 0.793. The highest BCUT2D eigenvalue weighted by molar-refractivity contribution is 6.33. The average Bonchev–Trinajstić information content (AvgIpc) is 3.10. The van der Waals surface area contributed by atoms with Crippen molar-refractivity contribution in [3.05, 3.63) is 59.4 Å². The Morgan fingerprint density at radius 1 is 0.964 bits per heavy atom. The maximum absolute atomic E-state index is 14.0. The second-order valence-corrected chi connectivity index (χ2v) is 7.53. The standard InChI is InChI=1S/C21H21ClFN3O2/c22-16-5-1-3-7-18(16)24-9-11-25(12-10-24)21(28)15-13-20(27)26(14-15)19-8-4-2-6-17(19)23/h1-8,15H,9-14H2. The molecule has 0 spiro atoms. The van der Waals surface area contributed by atoms with Gasteiger partial charge in [0.2, 0.25) is 11.8 Å². The number of amides is 2. The molecule has 2 aromatic carbocycles. The molecule has 2 aromatic rings. The van der Waals surface area contributed by atoms with Gasteiger partial charge in [-0.3, -0.25) is 9.59 Å². The molecule has 1 unspecified atom stereocenters. The van der Waals surface area contributed by atoms with Gasteiger partial charge in [0.25, 0.3) is 0 Å². The highest BCUT2D eigenvalue weighted by Gasteiger charge is 2.38. The fraction of sp³-hybridized carbons (Fsp3) is 0.333. The summed E-state index contributed by atoms with van der Waals surface area (Å²) in [6, 6.07) is 13.8. The van der Waals surface area contributed by atoms with Crippen LogP contribution in [0.3, 0.4) is 0 Å². The van der Waals surface area contributed by atoms with Crippen LogP contribution in [0.15, 0.2) is 48.5 Å². The molecule has 0 radical (unpaired) electrons. The first kappa shape index (κ1) is 18.7. The molecule has 0 aromatic heterocycles. The topological polar surface area (TPSA) is 43.9 Å². The van der Waals surface area contributed by atoms with E-state index in [9.17, 15) is 14.0 Å². The third-order valence-corrected chi connectivity index (χ3v) is 5.72. The van der Waals surface area contributed by atoms with E-state index in [-0.39, 0.29) is 30.5 Å². The molecular formula is C21H21ClFN3O2. The third kappa shape index (κ3) is 3.56. The van der Waals surface area contributed by atoms with Gasteiger partial charge in [-0.1, -0.05) is 35.9 Å². The van der Waals surface area contributed by atoms with Crippen LogP contribution in [0.5, 0.6) is 0 Å². The van der Waals surface area contributed by atoms with Crippen molar-refractivity contribution in [2.45, 2.75) is 6.42 Å². The number of halogens is 2. The van der Waals surface area contributed by atoms with Crippen molar-refractivity contribution in [3.8, 4) is 0 Å². The predicted molar refractivity (Wildman–Crippen MR) is 107 cm³/mol. The summed E-state index contributed by atoms with van der Waals surface area (Å²) in [5.74, 6) is -1.12. The van der Waals surface area contributed by atoms with Gasteiger partial charge < -0.3 is 14.7 Å². The molecule has 146 valence electrons. The normalized spacial score (nSPS) is 20.0. The van der Waals surface area contributed by atoms with E-state index in [4.69, 9.17) is 11.6 Å². The van der Waals surface area contributed by atoms with Crippen LogP contribution in [-0.2, 0) is 9.59 Å². The first-order chi connectivity index (χ1) is 13.5. The highest BCUT2D eigenvalue weighted by atomic mass is 35.5. The number of carbonyl (C=O) groups excluding carboxylic acids is 2. The van der Waals surface area contributed by atoms with Crippen LogP contribution in [0, 0.1) is 11.7 Å². The van der Waals surface area contributed by atoms with E-state index in [0.717, 1.165) is 5.69 Å². The van der Waals surface area contributed by atoms with Gasteiger partial charge in [0.05, 0.1) is 22.3 Å². The van der Waals surface area contributed by atoms with Crippen molar-refractivity contribution >= 4 is 34.8 Å². The minimum Gasteiger partial charge on any atom is -0.367 e. The largest absolute Gasteiger partial charge is 0.367 e. The molecule has 2 heterocycles. The highest BCUT2D eigenvalue weighted by Crippen LogP contribution is 2.30. The van der Waals surface area contributed by atoms with E-state index < -0.39 is 11.7 Å². The molecule has 0 aliphatic carbocycles. The molecular weight excluding hydrogens is 381 g/mol. The number of hydrogen-bond donors (Lipinski definition) is 0. The van der Waals surface area contributed by atoms with E-state index in [1.165, 1.54) is 11.0 Å². The molecule has 4 rings (SSSR count). The lowest BCUT2D eigenvalue weighted by Crippen LogP contribution is -2.50. The van der Waals surface area contributed by atoms with E-state index >= 15 is 0 Å². The Bertz CT molecular complexity index is 899. The number of para-hydroxylation sites is 2. The number of hydrogen-bond acceptors (Lipinski definition) is 3. The van der Waals surface area contributed by atoms with Gasteiger partial charge in [0, 0.05) is 39.1 Å². The molecule has 2 amide bonds. The molecule has 2 fully saturated rings. The van der Waals surface area contributed by atoms with E-state index in [2.05, 4.69) is 4.90 Å². The maximum Gasteiger partial charge on any atom is 0.228 e. The summed E-state index contributed by atoms with van der Waals surface area (Å²) >= 11 is 6.27. The second kappa shape index (κ2) is 7.80. The molecule has 0 saturated carbocycles. The maximum atomic E-state index is 14.0. The number of benzene rings is 2. The van der Waals surface area contributed by atoms with Gasteiger partial charge in [-0.2, -0.15) is 0 Å². The van der Waals surface area contributed by atoms with Crippen LogP contribution >= 0.6 is 11.6 Å². The zero-order valence-electron chi connectivity index (χ0n) is 15.4.